The molecule has 3 rings (SSSR count). The molecule has 24 heavy (non-hydrogen) atoms. The minimum Gasteiger partial charge on any atom is -0.497 e. The molecule has 0 aliphatic carbocycles. The Morgan fingerprint density at radius 3 is 2.62 bits per heavy atom. The van der Waals surface area contributed by atoms with Gasteiger partial charge in [0.15, 0.2) is 5.82 Å². The van der Waals surface area contributed by atoms with Gasteiger partial charge in [-0.1, -0.05) is 25.1 Å². The normalized spacial score (nSPS) is 10.9. The minimum atomic E-state index is 0.604. The first-order valence-corrected chi connectivity index (χ1v) is 8.61. The number of aryl methyl sites for hydroxylation is 1. The maximum Gasteiger partial charge on any atom is 0.214 e. The van der Waals surface area contributed by atoms with Gasteiger partial charge in [-0.3, -0.25) is 0 Å². The van der Waals surface area contributed by atoms with Crippen molar-refractivity contribution < 1.29 is 4.74 Å². The largest absolute Gasteiger partial charge is 0.497 e. The lowest BCUT2D eigenvalue weighted by Gasteiger charge is -2.06. The summed E-state index contributed by atoms with van der Waals surface area (Å²) in [6, 6.07) is 7.56. The van der Waals surface area contributed by atoms with Crippen LogP contribution in [0, 0.1) is 0 Å². The molecule has 0 spiro atoms. The molecule has 0 saturated heterocycles. The third kappa shape index (κ3) is 3.70. The highest BCUT2D eigenvalue weighted by Gasteiger charge is 2.12. The van der Waals surface area contributed by atoms with Gasteiger partial charge in [0, 0.05) is 6.54 Å². The molecule has 0 aliphatic rings. The van der Waals surface area contributed by atoms with Crippen LogP contribution in [0.5, 0.6) is 5.75 Å². The second kappa shape index (κ2) is 7.86. The van der Waals surface area contributed by atoms with Crippen LogP contribution < -0.4 is 4.74 Å². The zero-order valence-corrected chi connectivity index (χ0v) is 14.3. The lowest BCUT2D eigenvalue weighted by molar-refractivity contribution is 0.414. The Labute approximate surface area is 143 Å². The van der Waals surface area contributed by atoms with Gasteiger partial charge in [-0.15, -0.1) is 10.2 Å². The number of unbranched alkanes of at least 4 members (excludes halogenated alkanes) is 1. The molecule has 1 aromatic carbocycles. The molecule has 0 N–H and O–H groups in total. The zero-order chi connectivity index (χ0) is 16.8. The molecule has 0 saturated carbocycles. The van der Waals surface area contributed by atoms with E-state index in [-0.39, 0.29) is 0 Å². The second-order valence-electron chi connectivity index (χ2n) is 5.03. The van der Waals surface area contributed by atoms with Gasteiger partial charge >= 0.3 is 0 Å². The van der Waals surface area contributed by atoms with E-state index in [2.05, 4.69) is 38.0 Å². The SMILES string of the molecule is CCCCn1nnnc1CSc1nnnn1-c1ccc(OC)cc1. The van der Waals surface area contributed by atoms with Gasteiger partial charge in [-0.25, -0.2) is 4.68 Å². The number of nitrogens with zero attached hydrogens (tertiary/aromatic N) is 8. The predicted molar refractivity (Wildman–Crippen MR) is 88.0 cm³/mol. The number of thioether (sulfide) groups is 1. The summed E-state index contributed by atoms with van der Waals surface area (Å²) in [7, 11) is 1.63. The predicted octanol–water partition coefficient (Wildman–Crippen LogP) is 1.75. The number of tetrazole rings is 2. The zero-order valence-electron chi connectivity index (χ0n) is 13.5. The van der Waals surface area contributed by atoms with E-state index in [9.17, 15) is 0 Å². The van der Waals surface area contributed by atoms with Gasteiger partial charge in [-0.05, 0) is 51.5 Å². The number of methoxy groups -OCH3 is 1. The molecule has 0 fully saturated rings. The van der Waals surface area contributed by atoms with Crippen LogP contribution >= 0.6 is 11.8 Å². The molecular formula is C14H18N8OS. The molecule has 2 aromatic heterocycles. The third-order valence-electron chi connectivity index (χ3n) is 3.42. The van der Waals surface area contributed by atoms with Crippen molar-refractivity contribution in [3.63, 3.8) is 0 Å². The minimum absolute atomic E-state index is 0.604. The first kappa shape index (κ1) is 16.4. The van der Waals surface area contributed by atoms with Crippen molar-refractivity contribution in [1.82, 2.24) is 40.4 Å². The summed E-state index contributed by atoms with van der Waals surface area (Å²) < 4.78 is 8.68. The van der Waals surface area contributed by atoms with Gasteiger partial charge in [-0.2, -0.15) is 4.68 Å². The number of benzene rings is 1. The maximum atomic E-state index is 5.17. The van der Waals surface area contributed by atoms with E-state index in [1.807, 2.05) is 28.9 Å². The first-order valence-electron chi connectivity index (χ1n) is 7.62. The van der Waals surface area contributed by atoms with E-state index in [4.69, 9.17) is 4.74 Å². The van der Waals surface area contributed by atoms with Crippen LogP contribution in [-0.4, -0.2) is 47.5 Å². The molecule has 0 radical (unpaired) electrons. The maximum absolute atomic E-state index is 5.17. The molecule has 9 nitrogen and oxygen atoms in total. The van der Waals surface area contributed by atoms with Gasteiger partial charge < -0.3 is 4.74 Å². The second-order valence-corrected chi connectivity index (χ2v) is 5.97. The number of aromatic nitrogens is 8. The summed E-state index contributed by atoms with van der Waals surface area (Å²) in [5, 5.41) is 24.4. The summed E-state index contributed by atoms with van der Waals surface area (Å²) in [6.45, 7) is 2.96. The molecule has 126 valence electrons. The van der Waals surface area contributed by atoms with E-state index < -0.39 is 0 Å². The van der Waals surface area contributed by atoms with Crippen LogP contribution in [0.15, 0.2) is 29.4 Å². The molecule has 3 aromatic rings. The Balaban J connectivity index is 1.70. The number of ether oxygens (including phenoxy) is 1. The highest BCUT2D eigenvalue weighted by molar-refractivity contribution is 7.98. The van der Waals surface area contributed by atoms with E-state index >= 15 is 0 Å². The smallest absolute Gasteiger partial charge is 0.214 e. The summed E-state index contributed by atoms with van der Waals surface area (Å²) in [4.78, 5) is 0. The molecule has 0 unspecified atom stereocenters. The summed E-state index contributed by atoms with van der Waals surface area (Å²) in [6.07, 6.45) is 2.15. The van der Waals surface area contributed by atoms with Crippen molar-refractivity contribution >= 4 is 11.8 Å². The highest BCUT2D eigenvalue weighted by Crippen LogP contribution is 2.22. The first-order chi connectivity index (χ1) is 11.8. The molecule has 0 aliphatic heterocycles. The fourth-order valence-corrected chi connectivity index (χ4v) is 2.92. The Kier molecular flexibility index (Phi) is 5.36. The summed E-state index contributed by atoms with van der Waals surface area (Å²) in [5.74, 6) is 2.21. The van der Waals surface area contributed by atoms with Gasteiger partial charge in [0.25, 0.3) is 0 Å². The highest BCUT2D eigenvalue weighted by atomic mass is 32.2. The monoisotopic (exact) mass is 346 g/mol. The molecule has 0 bridgehead atoms. The molecule has 10 heteroatoms. The van der Waals surface area contributed by atoms with Gasteiger partial charge in [0.2, 0.25) is 5.16 Å². The number of rotatable bonds is 8. The van der Waals surface area contributed by atoms with Crippen LogP contribution in [0.4, 0.5) is 0 Å². The third-order valence-corrected chi connectivity index (χ3v) is 4.33. The Morgan fingerprint density at radius 1 is 1.08 bits per heavy atom. The summed E-state index contributed by atoms with van der Waals surface area (Å²) in [5.41, 5.74) is 0.869. The van der Waals surface area contributed by atoms with E-state index in [0.717, 1.165) is 36.6 Å². The Hall–Kier alpha value is -2.49. The van der Waals surface area contributed by atoms with Crippen molar-refractivity contribution in [2.75, 3.05) is 7.11 Å². The molecule has 2 heterocycles. The van der Waals surface area contributed by atoms with E-state index in [1.54, 1.807) is 11.8 Å². The lowest BCUT2D eigenvalue weighted by Crippen LogP contribution is -2.05. The van der Waals surface area contributed by atoms with Crippen LogP contribution in [0.2, 0.25) is 0 Å². The van der Waals surface area contributed by atoms with Crippen LogP contribution in [-0.2, 0) is 12.3 Å². The van der Waals surface area contributed by atoms with E-state index in [0.29, 0.717) is 10.9 Å². The topological polar surface area (TPSA) is 96.4 Å². The number of hydrogen-bond donors (Lipinski definition) is 0. The quantitative estimate of drug-likeness (QED) is 0.569. The van der Waals surface area contributed by atoms with Crippen molar-refractivity contribution in [2.24, 2.45) is 0 Å². The summed E-state index contributed by atoms with van der Waals surface area (Å²) >= 11 is 1.50. The van der Waals surface area contributed by atoms with Gasteiger partial charge in [0.1, 0.15) is 5.75 Å². The average molecular weight is 346 g/mol. The van der Waals surface area contributed by atoms with Crippen molar-refractivity contribution in [3.8, 4) is 11.4 Å². The van der Waals surface area contributed by atoms with Crippen molar-refractivity contribution in [2.45, 2.75) is 37.2 Å². The number of hydrogen-bond acceptors (Lipinski definition) is 8. The average Bonchev–Trinajstić information content (AvgIpc) is 3.27. The van der Waals surface area contributed by atoms with Crippen LogP contribution in [0.3, 0.4) is 0 Å². The van der Waals surface area contributed by atoms with Crippen molar-refractivity contribution in [1.29, 1.82) is 0 Å². The Bertz CT molecular complexity index is 769. The van der Waals surface area contributed by atoms with Gasteiger partial charge in [0.05, 0.1) is 18.6 Å². The lowest BCUT2D eigenvalue weighted by atomic mass is 10.3. The fraction of sp³-hybridized carbons (Fsp3) is 0.429. The molecular weight excluding hydrogens is 328 g/mol. The fourth-order valence-electron chi connectivity index (χ4n) is 2.09. The molecule has 0 atom stereocenters. The standard InChI is InChI=1S/C14H18N8OS/c1-3-4-9-21-13(15-17-19-21)10-24-14-16-18-20-22(14)11-5-7-12(23-2)8-6-11/h5-8H,3-4,9-10H2,1-2H3. The van der Waals surface area contributed by atoms with Crippen LogP contribution in [0.25, 0.3) is 5.69 Å². The van der Waals surface area contributed by atoms with Crippen molar-refractivity contribution in [3.05, 3.63) is 30.1 Å². The van der Waals surface area contributed by atoms with Crippen LogP contribution in [0.1, 0.15) is 25.6 Å². The Morgan fingerprint density at radius 2 is 1.88 bits per heavy atom. The molecule has 0 amide bonds. The van der Waals surface area contributed by atoms with E-state index in [1.165, 1.54) is 11.8 Å².